The predicted octanol–water partition coefficient (Wildman–Crippen LogP) is 3.39. The van der Waals surface area contributed by atoms with Gasteiger partial charge < -0.3 is 10.1 Å². The summed E-state index contributed by atoms with van der Waals surface area (Å²) in [6.45, 7) is 0. The van der Waals surface area contributed by atoms with Gasteiger partial charge in [0.05, 0.1) is 25.0 Å². The van der Waals surface area contributed by atoms with E-state index in [4.69, 9.17) is 9.84 Å². The van der Waals surface area contributed by atoms with Gasteiger partial charge in [-0.25, -0.2) is 4.98 Å². The maximum atomic E-state index is 12.2. The van der Waals surface area contributed by atoms with Crippen LogP contribution < -0.4 is 10.1 Å². The molecule has 8 nitrogen and oxygen atoms in total. The number of fused-ring (bicyclic) bond motifs is 1. The minimum Gasteiger partial charge on any atom is -0.495 e. The molecular formula is C22H22N6O2. The third kappa shape index (κ3) is 3.10. The molecule has 1 N–H and O–H groups in total. The number of nitrogens with zero attached hydrogens (tertiary/aromatic N) is 5. The first kappa shape index (κ1) is 18.4. The Labute approximate surface area is 173 Å². The number of amides is 1. The average Bonchev–Trinajstić information content (AvgIpc) is 3.44. The highest BCUT2D eigenvalue weighted by atomic mass is 16.5. The molecule has 8 heteroatoms. The van der Waals surface area contributed by atoms with Crippen LogP contribution in [-0.2, 0) is 18.9 Å². The van der Waals surface area contributed by atoms with Gasteiger partial charge in [0.1, 0.15) is 17.3 Å². The van der Waals surface area contributed by atoms with Crippen molar-refractivity contribution < 1.29 is 9.53 Å². The van der Waals surface area contributed by atoms with Crippen LogP contribution >= 0.6 is 0 Å². The molecule has 0 aliphatic heterocycles. The summed E-state index contributed by atoms with van der Waals surface area (Å²) >= 11 is 0. The molecule has 1 fully saturated rings. The summed E-state index contributed by atoms with van der Waals surface area (Å²) in [5.41, 5.74) is 4.44. The number of aryl methyl sites for hydroxylation is 2. The van der Waals surface area contributed by atoms with E-state index in [2.05, 4.69) is 15.4 Å². The highest BCUT2D eigenvalue weighted by Crippen LogP contribution is 2.41. The third-order valence-electron chi connectivity index (χ3n) is 5.43. The highest BCUT2D eigenvalue weighted by molar-refractivity contribution is 6.00. The number of rotatable bonds is 5. The molecule has 4 aromatic rings. The maximum Gasteiger partial charge on any atom is 0.228 e. The topological polar surface area (TPSA) is 86.9 Å². The van der Waals surface area contributed by atoms with Crippen molar-refractivity contribution >= 4 is 22.6 Å². The van der Waals surface area contributed by atoms with Crippen LogP contribution in [0.4, 0.5) is 5.82 Å². The van der Waals surface area contributed by atoms with Crippen LogP contribution in [0, 0.1) is 5.92 Å². The van der Waals surface area contributed by atoms with Crippen LogP contribution in [-0.4, -0.2) is 37.6 Å². The smallest absolute Gasteiger partial charge is 0.228 e. The number of para-hydroxylation sites is 1. The van der Waals surface area contributed by atoms with E-state index in [1.165, 1.54) is 0 Å². The lowest BCUT2D eigenvalue weighted by Crippen LogP contribution is -2.14. The first-order valence-corrected chi connectivity index (χ1v) is 9.85. The molecule has 1 aliphatic rings. The number of nitrogens with one attached hydrogen (secondary N) is 1. The number of ether oxygens (including phenoxy) is 1. The van der Waals surface area contributed by atoms with Crippen LogP contribution in [0.15, 0.2) is 42.9 Å². The van der Waals surface area contributed by atoms with Gasteiger partial charge in [-0.05, 0) is 25.0 Å². The van der Waals surface area contributed by atoms with Crippen LogP contribution in [0.25, 0.3) is 33.3 Å². The molecule has 0 saturated heterocycles. The zero-order valence-corrected chi connectivity index (χ0v) is 17.1. The molecule has 152 valence electrons. The molecule has 5 rings (SSSR count). The summed E-state index contributed by atoms with van der Waals surface area (Å²) in [4.78, 5) is 16.6. The second-order valence-electron chi connectivity index (χ2n) is 7.61. The lowest BCUT2D eigenvalue weighted by Gasteiger charge is -2.12. The summed E-state index contributed by atoms with van der Waals surface area (Å²) in [5.74, 6) is 1.41. The van der Waals surface area contributed by atoms with Crippen molar-refractivity contribution in [3.8, 4) is 28.1 Å². The third-order valence-corrected chi connectivity index (χ3v) is 5.43. The number of benzene rings is 1. The highest BCUT2D eigenvalue weighted by Gasteiger charge is 2.30. The zero-order valence-electron chi connectivity index (χ0n) is 17.1. The molecule has 0 spiro atoms. The Bertz CT molecular complexity index is 1270. The number of anilines is 1. The Kier molecular flexibility index (Phi) is 4.27. The molecule has 0 atom stereocenters. The van der Waals surface area contributed by atoms with E-state index < -0.39 is 0 Å². The Balaban J connectivity index is 1.64. The fraction of sp³-hybridized carbons (Fsp3) is 0.273. The van der Waals surface area contributed by atoms with Gasteiger partial charge in [-0.1, -0.05) is 12.1 Å². The van der Waals surface area contributed by atoms with E-state index in [0.29, 0.717) is 5.82 Å². The van der Waals surface area contributed by atoms with Gasteiger partial charge in [0.15, 0.2) is 0 Å². The van der Waals surface area contributed by atoms with Gasteiger partial charge in [0.2, 0.25) is 5.91 Å². The lowest BCUT2D eigenvalue weighted by atomic mass is 10.0. The van der Waals surface area contributed by atoms with E-state index in [1.807, 2.05) is 50.8 Å². The van der Waals surface area contributed by atoms with E-state index in [-0.39, 0.29) is 11.8 Å². The number of carbonyl (C=O) groups is 1. The molecule has 0 unspecified atom stereocenters. The Morgan fingerprint density at radius 2 is 2.00 bits per heavy atom. The van der Waals surface area contributed by atoms with Gasteiger partial charge in [-0.15, -0.1) is 0 Å². The van der Waals surface area contributed by atoms with Crippen molar-refractivity contribution in [2.75, 3.05) is 12.4 Å². The van der Waals surface area contributed by atoms with E-state index in [0.717, 1.165) is 51.9 Å². The minimum absolute atomic E-state index is 0.0310. The maximum absolute atomic E-state index is 12.2. The number of aromatic nitrogens is 5. The fourth-order valence-electron chi connectivity index (χ4n) is 3.73. The number of hydrogen-bond acceptors (Lipinski definition) is 5. The number of methoxy groups -OCH3 is 1. The first-order valence-electron chi connectivity index (χ1n) is 9.85. The fourth-order valence-corrected chi connectivity index (χ4v) is 3.73. The molecule has 0 radical (unpaired) electrons. The standard InChI is InChI=1S/C22H22N6O2/c1-27-12-14(10-24-27)15-5-4-6-16(21(15)30-3)20-17-9-19(25-22(29)13-7-8-13)23-11-18(17)28(2)26-20/h4-6,9-13H,7-8H2,1-3H3,(H,23,25,29). The van der Waals surface area contributed by atoms with E-state index in [1.54, 1.807) is 22.7 Å². The molecule has 1 amide bonds. The Morgan fingerprint density at radius 1 is 1.20 bits per heavy atom. The molecular weight excluding hydrogens is 380 g/mol. The van der Waals surface area contributed by atoms with Crippen LogP contribution in [0.3, 0.4) is 0 Å². The first-order chi connectivity index (χ1) is 14.5. The molecule has 1 aliphatic carbocycles. The molecule has 1 aromatic carbocycles. The Hall–Kier alpha value is -3.68. The van der Waals surface area contributed by atoms with Gasteiger partial charge in [0, 0.05) is 48.3 Å². The van der Waals surface area contributed by atoms with Crippen molar-refractivity contribution in [3.05, 3.63) is 42.9 Å². The quantitative estimate of drug-likeness (QED) is 0.553. The van der Waals surface area contributed by atoms with Crippen LogP contribution in [0.5, 0.6) is 5.75 Å². The van der Waals surface area contributed by atoms with Gasteiger partial charge in [-0.2, -0.15) is 10.2 Å². The lowest BCUT2D eigenvalue weighted by molar-refractivity contribution is -0.117. The summed E-state index contributed by atoms with van der Waals surface area (Å²) in [6.07, 6.45) is 7.40. The molecule has 1 saturated carbocycles. The number of carbonyl (C=O) groups excluding carboxylic acids is 1. The Morgan fingerprint density at radius 3 is 2.70 bits per heavy atom. The molecule has 3 aromatic heterocycles. The van der Waals surface area contributed by atoms with Crippen molar-refractivity contribution in [2.45, 2.75) is 12.8 Å². The van der Waals surface area contributed by atoms with Crippen molar-refractivity contribution in [2.24, 2.45) is 20.0 Å². The largest absolute Gasteiger partial charge is 0.495 e. The molecule has 0 bridgehead atoms. The summed E-state index contributed by atoms with van der Waals surface area (Å²) in [7, 11) is 5.43. The summed E-state index contributed by atoms with van der Waals surface area (Å²) in [5, 5.41) is 12.8. The van der Waals surface area contributed by atoms with Gasteiger partial charge in [0.25, 0.3) is 0 Å². The van der Waals surface area contributed by atoms with Crippen LogP contribution in [0.2, 0.25) is 0 Å². The van der Waals surface area contributed by atoms with Crippen LogP contribution in [0.1, 0.15) is 12.8 Å². The number of hydrogen-bond donors (Lipinski definition) is 1. The van der Waals surface area contributed by atoms with E-state index >= 15 is 0 Å². The monoisotopic (exact) mass is 402 g/mol. The van der Waals surface area contributed by atoms with Gasteiger partial charge in [-0.3, -0.25) is 14.2 Å². The SMILES string of the molecule is COc1c(-c2cnn(C)c2)cccc1-c1nn(C)c2cnc(NC(=O)C3CC3)cc12. The van der Waals surface area contributed by atoms with Gasteiger partial charge >= 0.3 is 0 Å². The predicted molar refractivity (Wildman–Crippen MR) is 114 cm³/mol. The second kappa shape index (κ2) is 6.98. The average molecular weight is 402 g/mol. The zero-order chi connectivity index (χ0) is 20.8. The molecule has 3 heterocycles. The van der Waals surface area contributed by atoms with Crippen molar-refractivity contribution in [3.63, 3.8) is 0 Å². The minimum atomic E-state index is 0.0310. The van der Waals surface area contributed by atoms with Crippen molar-refractivity contribution in [1.29, 1.82) is 0 Å². The summed E-state index contributed by atoms with van der Waals surface area (Å²) < 4.78 is 9.37. The van der Waals surface area contributed by atoms with Crippen molar-refractivity contribution in [1.82, 2.24) is 24.5 Å². The normalized spacial score (nSPS) is 13.6. The molecule has 30 heavy (non-hydrogen) atoms. The second-order valence-corrected chi connectivity index (χ2v) is 7.61. The number of pyridine rings is 1. The summed E-state index contributed by atoms with van der Waals surface area (Å²) in [6, 6.07) is 7.86. The van der Waals surface area contributed by atoms with E-state index in [9.17, 15) is 4.79 Å².